The smallest absolute Gasteiger partial charge is 0.220 e. The zero-order valence-corrected chi connectivity index (χ0v) is 55.1. The second-order valence-corrected chi connectivity index (χ2v) is 25.0. The lowest BCUT2D eigenvalue weighted by Gasteiger charge is -2.48. The Bertz CT molecular complexity index is 1920. The fourth-order valence-corrected chi connectivity index (χ4v) is 11.6. The van der Waals surface area contributed by atoms with Crippen molar-refractivity contribution >= 4 is 5.91 Å². The van der Waals surface area contributed by atoms with Crippen LogP contribution in [0.5, 0.6) is 0 Å². The number of allylic oxidation sites excluding steroid dienone is 12. The summed E-state index contributed by atoms with van der Waals surface area (Å²) < 4.78 is 34.4. The highest BCUT2D eigenvalue weighted by Crippen LogP contribution is 2.33. The van der Waals surface area contributed by atoms with E-state index in [9.17, 15) is 61.0 Å². The molecule has 0 aromatic rings. The van der Waals surface area contributed by atoms with Crippen molar-refractivity contribution in [2.24, 2.45) is 0 Å². The van der Waals surface area contributed by atoms with Crippen molar-refractivity contribution in [3.63, 3.8) is 0 Å². The van der Waals surface area contributed by atoms with Gasteiger partial charge in [-0.3, -0.25) is 4.79 Å². The Hall–Kier alpha value is -2.77. The average Bonchev–Trinajstić information content (AvgIpc) is 0.866. The first kappa shape index (κ1) is 81.5. The molecule has 0 radical (unpaired) electrons. The molecule has 3 aliphatic heterocycles. The van der Waals surface area contributed by atoms with E-state index in [1.807, 2.05) is 0 Å². The van der Waals surface area contributed by atoms with Gasteiger partial charge in [0, 0.05) is 6.42 Å². The van der Waals surface area contributed by atoms with Gasteiger partial charge in [0.1, 0.15) is 73.2 Å². The van der Waals surface area contributed by atoms with E-state index < -0.39 is 124 Å². The molecule has 17 atom stereocenters. The van der Waals surface area contributed by atoms with Crippen LogP contribution in [0, 0.1) is 0 Å². The second kappa shape index (κ2) is 52.5. The molecule has 12 N–H and O–H groups in total. The molecule has 0 aromatic heterocycles. The summed E-state index contributed by atoms with van der Waals surface area (Å²) in [6, 6.07) is -0.897. The summed E-state index contributed by atoms with van der Waals surface area (Å²) in [6.07, 6.45) is 38.2. The van der Waals surface area contributed by atoms with Crippen molar-refractivity contribution in [1.29, 1.82) is 0 Å². The molecule has 3 rings (SSSR count). The molecule has 17 unspecified atom stereocenters. The van der Waals surface area contributed by atoms with Crippen LogP contribution in [-0.4, -0.2) is 193 Å². The van der Waals surface area contributed by atoms with E-state index in [4.69, 9.17) is 28.4 Å². The monoisotopic (exact) mass is 1280 g/mol. The zero-order chi connectivity index (χ0) is 65.4. The fraction of sp³-hybridized carbons (Fsp3) is 0.817. The highest BCUT2D eigenvalue weighted by molar-refractivity contribution is 5.76. The summed E-state index contributed by atoms with van der Waals surface area (Å²) in [5.41, 5.74) is 0. The van der Waals surface area contributed by atoms with Gasteiger partial charge in [-0.15, -0.1) is 0 Å². The predicted molar refractivity (Wildman–Crippen MR) is 351 cm³/mol. The van der Waals surface area contributed by atoms with E-state index in [2.05, 4.69) is 92.1 Å². The lowest BCUT2D eigenvalue weighted by atomic mass is 9.96. The Labute approximate surface area is 540 Å². The van der Waals surface area contributed by atoms with Gasteiger partial charge < -0.3 is 89.9 Å². The van der Waals surface area contributed by atoms with E-state index in [0.717, 1.165) is 96.3 Å². The van der Waals surface area contributed by atoms with E-state index in [0.29, 0.717) is 12.8 Å². The molecule has 19 nitrogen and oxygen atoms in total. The number of unbranched alkanes of at least 4 members (excludes halogenated alkanes) is 25. The van der Waals surface area contributed by atoms with Crippen molar-refractivity contribution in [1.82, 2.24) is 5.32 Å². The predicted octanol–water partition coefficient (Wildman–Crippen LogP) is 9.33. The van der Waals surface area contributed by atoms with Crippen molar-refractivity contribution < 1.29 is 89.4 Å². The summed E-state index contributed by atoms with van der Waals surface area (Å²) in [6.45, 7) is 1.68. The Balaban J connectivity index is 1.43. The summed E-state index contributed by atoms with van der Waals surface area (Å²) in [4.78, 5) is 13.4. The summed E-state index contributed by atoms with van der Waals surface area (Å²) in [5, 5.41) is 121. The van der Waals surface area contributed by atoms with Gasteiger partial charge in [0.15, 0.2) is 18.9 Å². The molecule has 3 fully saturated rings. The van der Waals surface area contributed by atoms with E-state index >= 15 is 0 Å². The molecule has 3 saturated heterocycles. The van der Waals surface area contributed by atoms with Crippen LogP contribution < -0.4 is 5.32 Å². The minimum Gasteiger partial charge on any atom is -0.394 e. The van der Waals surface area contributed by atoms with Crippen molar-refractivity contribution in [3.05, 3.63) is 72.9 Å². The van der Waals surface area contributed by atoms with Crippen LogP contribution in [-0.2, 0) is 33.2 Å². The molecule has 0 spiro atoms. The molecular formula is C71H125NO18. The van der Waals surface area contributed by atoms with Crippen molar-refractivity contribution in [3.8, 4) is 0 Å². The average molecular weight is 1280 g/mol. The van der Waals surface area contributed by atoms with E-state index in [-0.39, 0.29) is 18.9 Å². The standard InChI is InChI=1S/C71H125NO18/c1-3-5-7-9-11-13-15-17-19-21-23-24-25-26-27-28-29-30-31-33-35-37-39-41-43-45-47-49-59(77)72-54(55(76)48-46-44-42-40-38-36-34-32-22-20-18-16-14-12-10-8-6-4-2)53-85-69-65(83)62(80)67(57(51-74)87-69)90-71-66(84)63(81)68(58(52-75)88-71)89-70-64(82)61(79)60(78)56(50-73)86-70/h5,7,11,13,17,19,23-24,26-27,29-30,54-58,60-71,73-76,78-84H,3-4,6,8-10,12,14-16,18,20-22,25,28,31-53H2,1-2H3,(H,72,77)/b7-5-,13-11-,19-17-,24-23-,27-26-,30-29-. The maximum absolute atomic E-state index is 13.4. The number of carbonyl (C=O) groups excluding carboxylic acids is 1. The minimum atomic E-state index is -1.98. The molecule has 0 bridgehead atoms. The maximum Gasteiger partial charge on any atom is 0.220 e. The normalized spacial score (nSPS) is 28.5. The first-order valence-corrected chi connectivity index (χ1v) is 35.2. The number of nitrogens with one attached hydrogen (secondary N) is 1. The molecule has 0 saturated carbocycles. The lowest BCUT2D eigenvalue weighted by Crippen LogP contribution is -2.66. The molecular weight excluding hydrogens is 1150 g/mol. The highest BCUT2D eigenvalue weighted by atomic mass is 16.8. The number of rotatable bonds is 53. The van der Waals surface area contributed by atoms with E-state index in [1.165, 1.54) is 109 Å². The third-order valence-corrected chi connectivity index (χ3v) is 17.3. The Morgan fingerprint density at radius 1 is 0.411 bits per heavy atom. The van der Waals surface area contributed by atoms with Gasteiger partial charge in [0.05, 0.1) is 38.6 Å². The summed E-state index contributed by atoms with van der Waals surface area (Å²) >= 11 is 0. The number of aliphatic hydroxyl groups excluding tert-OH is 11. The third kappa shape index (κ3) is 34.1. The number of ether oxygens (including phenoxy) is 6. The third-order valence-electron chi connectivity index (χ3n) is 17.3. The van der Waals surface area contributed by atoms with Crippen LogP contribution in [0.2, 0.25) is 0 Å². The van der Waals surface area contributed by atoms with Gasteiger partial charge in [-0.2, -0.15) is 0 Å². The first-order valence-electron chi connectivity index (χ1n) is 35.2. The molecule has 3 aliphatic rings. The van der Waals surface area contributed by atoms with Gasteiger partial charge in [-0.25, -0.2) is 0 Å². The number of amides is 1. The van der Waals surface area contributed by atoms with Crippen molar-refractivity contribution in [2.75, 3.05) is 26.4 Å². The Morgan fingerprint density at radius 2 is 0.767 bits per heavy atom. The zero-order valence-electron chi connectivity index (χ0n) is 55.1. The van der Waals surface area contributed by atoms with Crippen LogP contribution in [0.3, 0.4) is 0 Å². The van der Waals surface area contributed by atoms with Gasteiger partial charge >= 0.3 is 0 Å². The number of aliphatic hydroxyl groups is 11. The minimum absolute atomic E-state index is 0.253. The largest absolute Gasteiger partial charge is 0.394 e. The molecule has 90 heavy (non-hydrogen) atoms. The molecule has 3 heterocycles. The topological polar surface area (TPSA) is 307 Å². The Morgan fingerprint density at radius 3 is 1.20 bits per heavy atom. The van der Waals surface area contributed by atoms with Gasteiger partial charge in [0.2, 0.25) is 5.91 Å². The fourth-order valence-electron chi connectivity index (χ4n) is 11.6. The van der Waals surface area contributed by atoms with Crippen LogP contribution in [0.4, 0.5) is 0 Å². The Kier molecular flexibility index (Phi) is 47.5. The van der Waals surface area contributed by atoms with Crippen LogP contribution in [0.15, 0.2) is 72.9 Å². The lowest BCUT2D eigenvalue weighted by molar-refractivity contribution is -0.379. The van der Waals surface area contributed by atoms with Crippen LogP contribution >= 0.6 is 0 Å². The molecule has 19 heteroatoms. The SMILES string of the molecule is CC/C=C\C/C=C\C/C=C\C/C=C\C/C=C\C/C=C\CCCCCCCCCCC(=O)NC(COC1OC(CO)C(OC2OC(CO)C(OC3OC(CO)C(O)C(O)C3O)C(O)C2O)C(O)C1O)C(O)CCCCCCCCCCCCCCCCCCCC. The van der Waals surface area contributed by atoms with Crippen LogP contribution in [0.1, 0.15) is 239 Å². The van der Waals surface area contributed by atoms with Gasteiger partial charge in [0.25, 0.3) is 0 Å². The highest BCUT2D eigenvalue weighted by Gasteiger charge is 2.53. The first-order chi connectivity index (χ1) is 43.8. The summed E-state index contributed by atoms with van der Waals surface area (Å²) in [5.74, 6) is -0.253. The molecule has 1 amide bonds. The molecule has 0 aliphatic carbocycles. The quantitative estimate of drug-likeness (QED) is 0.0199. The molecule has 0 aromatic carbocycles. The van der Waals surface area contributed by atoms with E-state index in [1.54, 1.807) is 0 Å². The number of carbonyl (C=O) groups is 1. The number of hydrogen-bond acceptors (Lipinski definition) is 18. The molecule has 522 valence electrons. The second-order valence-electron chi connectivity index (χ2n) is 25.0. The maximum atomic E-state index is 13.4. The van der Waals surface area contributed by atoms with Crippen molar-refractivity contribution in [2.45, 2.75) is 343 Å². The number of hydrogen-bond donors (Lipinski definition) is 12. The van der Waals surface area contributed by atoms with Gasteiger partial charge in [-0.05, 0) is 64.2 Å². The summed E-state index contributed by atoms with van der Waals surface area (Å²) in [7, 11) is 0. The van der Waals surface area contributed by atoms with Gasteiger partial charge in [-0.1, -0.05) is 241 Å². The van der Waals surface area contributed by atoms with Crippen LogP contribution in [0.25, 0.3) is 0 Å².